The second-order valence-electron chi connectivity index (χ2n) is 10.4. The van der Waals surface area contributed by atoms with Crippen LogP contribution in [-0.2, 0) is 11.3 Å². The summed E-state index contributed by atoms with van der Waals surface area (Å²) >= 11 is 0. The van der Waals surface area contributed by atoms with Crippen LogP contribution in [0.5, 0.6) is 28.9 Å². The predicted octanol–water partition coefficient (Wildman–Crippen LogP) is 4.98. The van der Waals surface area contributed by atoms with E-state index in [1.807, 2.05) is 30.3 Å². The van der Waals surface area contributed by atoms with Gasteiger partial charge in [-0.1, -0.05) is 30.3 Å². The summed E-state index contributed by atoms with van der Waals surface area (Å²) in [6.07, 6.45) is 3.71. The van der Waals surface area contributed by atoms with E-state index in [0.717, 1.165) is 44.8 Å². The molecule has 0 saturated carbocycles. The van der Waals surface area contributed by atoms with Gasteiger partial charge in [0.25, 0.3) is 0 Å². The van der Waals surface area contributed by atoms with Gasteiger partial charge in [-0.05, 0) is 36.2 Å². The highest BCUT2D eigenvalue weighted by molar-refractivity contribution is 5.88. The van der Waals surface area contributed by atoms with Crippen LogP contribution in [0.1, 0.15) is 12.0 Å². The maximum atomic E-state index is 15.3. The molecule has 44 heavy (non-hydrogen) atoms. The molecule has 1 saturated heterocycles. The molecule has 1 aliphatic rings. The van der Waals surface area contributed by atoms with Gasteiger partial charge < -0.3 is 24.1 Å². The molecule has 0 amide bonds. The van der Waals surface area contributed by atoms with Crippen molar-refractivity contribution >= 4 is 10.9 Å². The SMILES string of the molecule is COc1cc2c(Oc3ccc(-n4cc(O)n(Cc5ccccc5)c4=O)cc3F)ccnc2cc1OCCCN1CCOCC1. The lowest BCUT2D eigenvalue weighted by molar-refractivity contribution is 0.0357. The van der Waals surface area contributed by atoms with Crippen LogP contribution < -0.4 is 19.9 Å². The Balaban J connectivity index is 1.18. The Morgan fingerprint density at radius 2 is 1.80 bits per heavy atom. The van der Waals surface area contributed by atoms with Gasteiger partial charge in [0.05, 0.1) is 50.9 Å². The Kier molecular flexibility index (Phi) is 8.76. The number of methoxy groups -OCH3 is 1. The topological polar surface area (TPSA) is 100 Å². The minimum Gasteiger partial charge on any atom is -0.493 e. The third-order valence-corrected chi connectivity index (χ3v) is 7.52. The van der Waals surface area contributed by atoms with Crippen LogP contribution in [-0.4, -0.2) is 70.7 Å². The summed E-state index contributed by atoms with van der Waals surface area (Å²) in [4.78, 5) is 19.9. The minimum atomic E-state index is -0.679. The maximum absolute atomic E-state index is 15.3. The molecule has 10 nitrogen and oxygen atoms in total. The Morgan fingerprint density at radius 3 is 2.57 bits per heavy atom. The lowest BCUT2D eigenvalue weighted by atomic mass is 10.1. The molecule has 11 heteroatoms. The quantitative estimate of drug-likeness (QED) is 0.212. The summed E-state index contributed by atoms with van der Waals surface area (Å²) in [7, 11) is 1.56. The Hall–Kier alpha value is -4.87. The molecule has 0 radical (unpaired) electrons. The normalized spacial score (nSPS) is 13.7. The van der Waals surface area contributed by atoms with Gasteiger partial charge >= 0.3 is 5.69 Å². The van der Waals surface area contributed by atoms with E-state index in [4.69, 9.17) is 18.9 Å². The van der Waals surface area contributed by atoms with E-state index < -0.39 is 11.5 Å². The highest BCUT2D eigenvalue weighted by Gasteiger charge is 2.17. The number of morpholine rings is 1. The molecular weight excluding hydrogens is 567 g/mol. The number of aromatic nitrogens is 3. The van der Waals surface area contributed by atoms with Gasteiger partial charge in [-0.15, -0.1) is 0 Å². The Morgan fingerprint density at radius 1 is 0.977 bits per heavy atom. The lowest BCUT2D eigenvalue weighted by Gasteiger charge is -2.26. The van der Waals surface area contributed by atoms with Gasteiger partial charge in [-0.25, -0.2) is 9.18 Å². The average molecular weight is 601 g/mol. The number of pyridine rings is 1. The van der Waals surface area contributed by atoms with Crippen LogP contribution in [0.3, 0.4) is 0 Å². The first-order valence-electron chi connectivity index (χ1n) is 14.4. The molecule has 0 spiro atoms. The summed E-state index contributed by atoms with van der Waals surface area (Å²) in [6.45, 7) is 5.01. The van der Waals surface area contributed by atoms with Crippen molar-refractivity contribution < 1.29 is 28.4 Å². The highest BCUT2D eigenvalue weighted by Crippen LogP contribution is 2.38. The fourth-order valence-corrected chi connectivity index (χ4v) is 5.19. The number of rotatable bonds is 11. The predicted molar refractivity (Wildman–Crippen MR) is 163 cm³/mol. The van der Waals surface area contributed by atoms with Crippen molar-refractivity contribution in [3.05, 3.63) is 101 Å². The van der Waals surface area contributed by atoms with E-state index in [0.29, 0.717) is 34.8 Å². The average Bonchev–Trinajstić information content (AvgIpc) is 3.33. The molecule has 228 valence electrons. The molecule has 1 aliphatic heterocycles. The molecule has 0 unspecified atom stereocenters. The Labute approximate surface area is 253 Å². The summed E-state index contributed by atoms with van der Waals surface area (Å²) in [5, 5.41) is 11.0. The smallest absolute Gasteiger partial charge is 0.335 e. The first-order valence-corrected chi connectivity index (χ1v) is 14.4. The van der Waals surface area contributed by atoms with Crippen LogP contribution >= 0.6 is 0 Å². The molecule has 6 rings (SSSR count). The maximum Gasteiger partial charge on any atom is 0.335 e. The molecule has 2 aromatic heterocycles. The van der Waals surface area contributed by atoms with Crippen LogP contribution in [0.25, 0.3) is 16.6 Å². The van der Waals surface area contributed by atoms with Gasteiger partial charge in [-0.3, -0.25) is 19.0 Å². The Bertz CT molecular complexity index is 1800. The number of nitrogens with zero attached hydrogens (tertiary/aromatic N) is 4. The van der Waals surface area contributed by atoms with Crippen molar-refractivity contribution in [3.63, 3.8) is 0 Å². The first kappa shape index (κ1) is 29.2. The molecular formula is C33H33FN4O6. The monoisotopic (exact) mass is 600 g/mol. The van der Waals surface area contributed by atoms with Gasteiger partial charge in [0.15, 0.2) is 23.1 Å². The molecule has 1 fully saturated rings. The summed E-state index contributed by atoms with van der Waals surface area (Å²) < 4.78 is 40.8. The van der Waals surface area contributed by atoms with E-state index in [1.165, 1.54) is 27.5 Å². The van der Waals surface area contributed by atoms with Crippen LogP contribution in [0.4, 0.5) is 4.39 Å². The zero-order valence-electron chi connectivity index (χ0n) is 24.3. The fraction of sp³-hybridized carbons (Fsp3) is 0.273. The molecule has 0 atom stereocenters. The molecule has 3 aromatic carbocycles. The van der Waals surface area contributed by atoms with Crippen molar-refractivity contribution in [2.45, 2.75) is 13.0 Å². The van der Waals surface area contributed by atoms with Crippen molar-refractivity contribution in [3.8, 4) is 34.6 Å². The van der Waals surface area contributed by atoms with Gasteiger partial charge in [0.2, 0.25) is 5.88 Å². The van der Waals surface area contributed by atoms with E-state index in [1.54, 1.807) is 37.6 Å². The van der Waals surface area contributed by atoms with Gasteiger partial charge in [0.1, 0.15) is 5.75 Å². The van der Waals surface area contributed by atoms with Gasteiger partial charge in [-0.2, -0.15) is 0 Å². The van der Waals surface area contributed by atoms with E-state index in [9.17, 15) is 9.90 Å². The number of fused-ring (bicyclic) bond motifs is 1. The van der Waals surface area contributed by atoms with Gasteiger partial charge in [0, 0.05) is 43.4 Å². The third kappa shape index (κ3) is 6.38. The molecule has 1 N–H and O–H groups in total. The van der Waals surface area contributed by atoms with Crippen molar-refractivity contribution in [2.75, 3.05) is 46.6 Å². The number of halogens is 1. The molecule has 5 aromatic rings. The molecule has 0 aliphatic carbocycles. The number of benzene rings is 3. The number of ether oxygens (including phenoxy) is 4. The summed E-state index contributed by atoms with van der Waals surface area (Å²) in [5.74, 6) is 0.512. The first-order chi connectivity index (χ1) is 21.5. The standard InChI is InChI=1S/C33H33FN4O6/c1-41-30-19-25-27(20-31(30)43-15-5-12-36-13-16-42-17-14-36)35-11-10-28(25)44-29-9-8-24(18-26(29)34)37-22-32(39)38(33(37)40)21-23-6-3-2-4-7-23/h2-4,6-11,18-20,22,39H,5,12-17,21H2,1H3. The summed E-state index contributed by atoms with van der Waals surface area (Å²) in [6, 6.07) is 18.7. The van der Waals surface area contributed by atoms with E-state index in [2.05, 4.69) is 9.88 Å². The second kappa shape index (κ2) is 13.2. The zero-order valence-corrected chi connectivity index (χ0v) is 24.3. The van der Waals surface area contributed by atoms with E-state index >= 15 is 4.39 Å². The number of aromatic hydroxyl groups is 1. The van der Waals surface area contributed by atoms with E-state index in [-0.39, 0.29) is 23.9 Å². The van der Waals surface area contributed by atoms with Crippen LogP contribution in [0, 0.1) is 5.82 Å². The highest BCUT2D eigenvalue weighted by atomic mass is 19.1. The third-order valence-electron chi connectivity index (χ3n) is 7.52. The number of hydrogen-bond donors (Lipinski definition) is 1. The summed E-state index contributed by atoms with van der Waals surface area (Å²) in [5.41, 5.74) is 1.20. The van der Waals surface area contributed by atoms with Crippen molar-refractivity contribution in [1.82, 2.24) is 19.0 Å². The zero-order chi connectivity index (χ0) is 30.5. The fourth-order valence-electron chi connectivity index (χ4n) is 5.19. The van der Waals surface area contributed by atoms with Crippen LogP contribution in [0.2, 0.25) is 0 Å². The lowest BCUT2D eigenvalue weighted by Crippen LogP contribution is -2.37. The number of imidazole rings is 1. The minimum absolute atomic E-state index is 0.0374. The molecule has 3 heterocycles. The molecule has 0 bridgehead atoms. The second-order valence-corrected chi connectivity index (χ2v) is 10.4. The van der Waals surface area contributed by atoms with Crippen molar-refractivity contribution in [1.29, 1.82) is 0 Å². The largest absolute Gasteiger partial charge is 0.493 e. The van der Waals surface area contributed by atoms with Crippen molar-refractivity contribution in [2.24, 2.45) is 0 Å². The number of hydrogen-bond acceptors (Lipinski definition) is 8. The van der Waals surface area contributed by atoms with Crippen LogP contribution in [0.15, 0.2) is 83.9 Å².